The molecular formula is C11H13ClN4O3S2. The summed E-state index contributed by atoms with van der Waals surface area (Å²) in [4.78, 5) is 4.02. The molecule has 114 valence electrons. The molecule has 0 atom stereocenters. The predicted octanol–water partition coefficient (Wildman–Crippen LogP) is 1.54. The number of thioether (sulfide) groups is 1. The normalized spacial score (nSPS) is 11.5. The SMILES string of the molecule is COc1ccc(S(=O)(=O)NCCSc2ncn[nH]2)cc1Cl. The third kappa shape index (κ3) is 4.34. The van der Waals surface area contributed by atoms with Crippen molar-refractivity contribution < 1.29 is 13.2 Å². The van der Waals surface area contributed by atoms with E-state index in [1.54, 1.807) is 0 Å². The van der Waals surface area contributed by atoms with Crippen LogP contribution in [0.4, 0.5) is 0 Å². The summed E-state index contributed by atoms with van der Waals surface area (Å²) >= 11 is 7.29. The van der Waals surface area contributed by atoms with Crippen molar-refractivity contribution >= 4 is 33.4 Å². The second kappa shape index (κ2) is 7.12. The lowest BCUT2D eigenvalue weighted by Crippen LogP contribution is -2.26. The first-order valence-corrected chi connectivity index (χ1v) is 8.69. The Labute approximate surface area is 131 Å². The lowest BCUT2D eigenvalue weighted by Gasteiger charge is -2.08. The van der Waals surface area contributed by atoms with E-state index >= 15 is 0 Å². The quantitative estimate of drug-likeness (QED) is 0.582. The monoisotopic (exact) mass is 348 g/mol. The van der Waals surface area contributed by atoms with Crippen molar-refractivity contribution in [2.24, 2.45) is 0 Å². The number of hydrogen-bond donors (Lipinski definition) is 2. The van der Waals surface area contributed by atoms with Gasteiger partial charge in [-0.15, -0.1) is 0 Å². The molecule has 0 aliphatic rings. The molecule has 0 radical (unpaired) electrons. The largest absolute Gasteiger partial charge is 0.495 e. The molecule has 0 bridgehead atoms. The number of halogens is 1. The van der Waals surface area contributed by atoms with Crippen LogP contribution < -0.4 is 9.46 Å². The molecule has 0 aliphatic heterocycles. The molecule has 0 aliphatic carbocycles. The van der Waals surface area contributed by atoms with Crippen LogP contribution in [-0.4, -0.2) is 43.0 Å². The molecule has 0 unspecified atom stereocenters. The number of aromatic nitrogens is 3. The van der Waals surface area contributed by atoms with Crippen LogP contribution in [0.1, 0.15) is 0 Å². The van der Waals surface area contributed by atoms with Crippen LogP contribution in [0.15, 0.2) is 34.6 Å². The summed E-state index contributed by atoms with van der Waals surface area (Å²) in [6, 6.07) is 4.31. The second-order valence-electron chi connectivity index (χ2n) is 3.83. The third-order valence-corrected chi connectivity index (χ3v) is 5.09. The average Bonchev–Trinajstić information content (AvgIpc) is 2.97. The lowest BCUT2D eigenvalue weighted by atomic mass is 10.3. The van der Waals surface area contributed by atoms with E-state index in [0.717, 1.165) is 0 Å². The van der Waals surface area contributed by atoms with Crippen molar-refractivity contribution in [2.45, 2.75) is 10.1 Å². The Morgan fingerprint density at radius 1 is 1.48 bits per heavy atom. The molecule has 7 nitrogen and oxygen atoms in total. The highest BCUT2D eigenvalue weighted by Gasteiger charge is 2.15. The van der Waals surface area contributed by atoms with Crippen molar-refractivity contribution in [1.29, 1.82) is 0 Å². The Bertz CT molecular complexity index is 691. The van der Waals surface area contributed by atoms with Crippen LogP contribution in [0.5, 0.6) is 5.75 Å². The predicted molar refractivity (Wildman–Crippen MR) is 80.3 cm³/mol. The van der Waals surface area contributed by atoms with E-state index < -0.39 is 10.0 Å². The second-order valence-corrected chi connectivity index (χ2v) is 7.09. The Morgan fingerprint density at radius 3 is 2.90 bits per heavy atom. The topological polar surface area (TPSA) is 97.0 Å². The van der Waals surface area contributed by atoms with Gasteiger partial charge in [-0.25, -0.2) is 18.1 Å². The lowest BCUT2D eigenvalue weighted by molar-refractivity contribution is 0.414. The number of nitrogens with one attached hydrogen (secondary N) is 2. The number of sulfonamides is 1. The van der Waals surface area contributed by atoms with E-state index in [1.807, 2.05) is 0 Å². The Kier molecular flexibility index (Phi) is 5.45. The maximum Gasteiger partial charge on any atom is 0.240 e. The molecule has 10 heteroatoms. The Balaban J connectivity index is 1.93. The molecule has 1 heterocycles. The van der Waals surface area contributed by atoms with Gasteiger partial charge in [0.25, 0.3) is 0 Å². The first-order chi connectivity index (χ1) is 10.0. The van der Waals surface area contributed by atoms with E-state index in [2.05, 4.69) is 19.9 Å². The summed E-state index contributed by atoms with van der Waals surface area (Å²) in [6.07, 6.45) is 1.39. The van der Waals surface area contributed by atoms with Crippen LogP contribution in [0, 0.1) is 0 Å². The molecule has 1 aromatic heterocycles. The fourth-order valence-corrected chi connectivity index (χ4v) is 3.63. The average molecular weight is 349 g/mol. The number of hydrogen-bond acceptors (Lipinski definition) is 6. The maximum absolute atomic E-state index is 12.1. The minimum atomic E-state index is -3.60. The highest BCUT2D eigenvalue weighted by molar-refractivity contribution is 7.99. The van der Waals surface area contributed by atoms with Gasteiger partial charge in [0.15, 0.2) is 5.16 Å². The number of rotatable bonds is 7. The Morgan fingerprint density at radius 2 is 2.29 bits per heavy atom. The molecule has 0 saturated carbocycles. The van der Waals surface area contributed by atoms with Crippen molar-refractivity contribution in [3.05, 3.63) is 29.5 Å². The first kappa shape index (κ1) is 16.1. The highest BCUT2D eigenvalue weighted by Crippen LogP contribution is 2.26. The van der Waals surface area contributed by atoms with E-state index in [-0.39, 0.29) is 16.5 Å². The van der Waals surface area contributed by atoms with Crippen molar-refractivity contribution in [3.63, 3.8) is 0 Å². The molecule has 2 N–H and O–H groups in total. The molecule has 21 heavy (non-hydrogen) atoms. The molecule has 0 fully saturated rings. The van der Waals surface area contributed by atoms with E-state index in [1.165, 1.54) is 43.4 Å². The molecule has 0 amide bonds. The molecule has 1 aromatic carbocycles. The van der Waals surface area contributed by atoms with Gasteiger partial charge in [-0.1, -0.05) is 23.4 Å². The number of methoxy groups -OCH3 is 1. The van der Waals surface area contributed by atoms with Crippen LogP contribution >= 0.6 is 23.4 Å². The van der Waals surface area contributed by atoms with E-state index in [9.17, 15) is 8.42 Å². The number of aromatic amines is 1. The third-order valence-electron chi connectivity index (χ3n) is 2.46. The van der Waals surface area contributed by atoms with Gasteiger partial charge in [0, 0.05) is 12.3 Å². The minimum absolute atomic E-state index is 0.0953. The standard InChI is InChI=1S/C11H13ClN4O3S2/c1-19-10-3-2-8(6-9(10)12)21(17,18)15-4-5-20-11-13-7-14-16-11/h2-3,6-7,15H,4-5H2,1H3,(H,13,14,16). The van der Waals surface area contributed by atoms with Gasteiger partial charge >= 0.3 is 0 Å². The van der Waals surface area contributed by atoms with Crippen molar-refractivity contribution in [1.82, 2.24) is 19.9 Å². The highest BCUT2D eigenvalue weighted by atomic mass is 35.5. The fourth-order valence-electron chi connectivity index (χ4n) is 1.49. The van der Waals surface area contributed by atoms with E-state index in [0.29, 0.717) is 16.7 Å². The summed E-state index contributed by atoms with van der Waals surface area (Å²) in [5, 5.41) is 7.27. The Hall–Kier alpha value is -1.29. The van der Waals surface area contributed by atoms with Gasteiger partial charge in [-0.05, 0) is 18.2 Å². The number of benzene rings is 1. The summed E-state index contributed by atoms with van der Waals surface area (Å²) < 4.78 is 31.7. The van der Waals surface area contributed by atoms with E-state index in [4.69, 9.17) is 16.3 Å². The first-order valence-electron chi connectivity index (χ1n) is 5.84. The summed E-state index contributed by atoms with van der Waals surface area (Å²) in [7, 11) is -2.13. The minimum Gasteiger partial charge on any atom is -0.495 e. The summed E-state index contributed by atoms with van der Waals surface area (Å²) in [5.41, 5.74) is 0. The zero-order valence-electron chi connectivity index (χ0n) is 11.0. The maximum atomic E-state index is 12.1. The van der Waals surface area contributed by atoms with Gasteiger partial charge in [0.2, 0.25) is 10.0 Å². The van der Waals surface area contributed by atoms with Crippen molar-refractivity contribution in [3.8, 4) is 5.75 Å². The van der Waals surface area contributed by atoms with Crippen LogP contribution in [0.2, 0.25) is 5.02 Å². The zero-order valence-corrected chi connectivity index (χ0v) is 13.4. The fraction of sp³-hybridized carbons (Fsp3) is 0.273. The molecule has 2 rings (SSSR count). The molecular weight excluding hydrogens is 336 g/mol. The van der Waals surface area contributed by atoms with Gasteiger partial charge in [0.1, 0.15) is 12.1 Å². The van der Waals surface area contributed by atoms with Gasteiger partial charge in [-0.2, -0.15) is 5.10 Å². The van der Waals surface area contributed by atoms with Gasteiger partial charge < -0.3 is 4.74 Å². The number of H-pyrrole nitrogens is 1. The smallest absolute Gasteiger partial charge is 0.240 e. The van der Waals surface area contributed by atoms with Crippen LogP contribution in [0.25, 0.3) is 0 Å². The van der Waals surface area contributed by atoms with Gasteiger partial charge in [-0.3, -0.25) is 5.10 Å². The molecule has 0 saturated heterocycles. The molecule has 0 spiro atoms. The summed E-state index contributed by atoms with van der Waals surface area (Å²) in [5.74, 6) is 0.953. The van der Waals surface area contributed by atoms with Gasteiger partial charge in [0.05, 0.1) is 17.0 Å². The van der Waals surface area contributed by atoms with Crippen LogP contribution in [-0.2, 0) is 10.0 Å². The number of ether oxygens (including phenoxy) is 1. The summed E-state index contributed by atoms with van der Waals surface area (Å²) in [6.45, 7) is 0.261. The van der Waals surface area contributed by atoms with Crippen LogP contribution in [0.3, 0.4) is 0 Å². The zero-order chi connectivity index (χ0) is 15.3. The van der Waals surface area contributed by atoms with Crippen molar-refractivity contribution in [2.75, 3.05) is 19.4 Å². The molecule has 2 aromatic rings. The number of nitrogens with zero attached hydrogens (tertiary/aromatic N) is 2.